The number of hydrogen-bond donors (Lipinski definition) is 1. The molecule has 0 fully saturated rings. The van der Waals surface area contributed by atoms with Gasteiger partial charge < -0.3 is 19.5 Å². The van der Waals surface area contributed by atoms with Crippen molar-refractivity contribution in [3.8, 4) is 11.5 Å². The molecule has 0 bridgehead atoms. The quantitative estimate of drug-likeness (QED) is 0.632. The van der Waals surface area contributed by atoms with Crippen molar-refractivity contribution in [2.24, 2.45) is 0 Å². The van der Waals surface area contributed by atoms with Gasteiger partial charge in [0.05, 0.1) is 44.7 Å². The smallest absolute Gasteiger partial charge is 0.278 e. The van der Waals surface area contributed by atoms with Crippen LogP contribution in [-0.4, -0.2) is 50.2 Å². The number of thiophene rings is 1. The fraction of sp³-hybridized carbons (Fsp3) is 0.333. The maximum Gasteiger partial charge on any atom is 0.278 e. The molecule has 0 unspecified atom stereocenters. The molecule has 7 nitrogen and oxygen atoms in total. The van der Waals surface area contributed by atoms with Crippen LogP contribution in [-0.2, 0) is 14.3 Å². The lowest BCUT2D eigenvalue weighted by atomic mass is 10.1. The number of rotatable bonds is 9. The molecule has 0 atom stereocenters. The Balaban J connectivity index is 1.97. The summed E-state index contributed by atoms with van der Waals surface area (Å²) in [4.78, 5) is 28.1. The van der Waals surface area contributed by atoms with E-state index in [0.29, 0.717) is 22.8 Å². The molecule has 2 aromatic rings. The maximum absolute atomic E-state index is 13.1. The van der Waals surface area contributed by atoms with E-state index in [4.69, 9.17) is 14.2 Å². The van der Waals surface area contributed by atoms with E-state index in [0.717, 1.165) is 4.88 Å². The average Bonchev–Trinajstić information content (AvgIpc) is 3.30. The van der Waals surface area contributed by atoms with Crippen molar-refractivity contribution in [3.63, 3.8) is 0 Å². The number of carbonyl (C=O) groups excluding carboxylic acids is 2. The van der Waals surface area contributed by atoms with Gasteiger partial charge in [-0.15, -0.1) is 11.3 Å². The van der Waals surface area contributed by atoms with Gasteiger partial charge in [0.1, 0.15) is 17.2 Å². The summed E-state index contributed by atoms with van der Waals surface area (Å²) in [6.07, 6.45) is 0.0196. The Morgan fingerprint density at radius 1 is 1.10 bits per heavy atom. The first-order valence-electron chi connectivity index (χ1n) is 9.21. The highest BCUT2D eigenvalue weighted by Crippen LogP contribution is 2.36. The summed E-state index contributed by atoms with van der Waals surface area (Å²) < 4.78 is 16.2. The lowest BCUT2D eigenvalue weighted by Gasteiger charge is -2.17. The lowest BCUT2D eigenvalue weighted by Crippen LogP contribution is -2.35. The molecule has 1 aromatic carbocycles. The molecule has 1 aromatic heterocycles. The van der Waals surface area contributed by atoms with Crippen molar-refractivity contribution in [1.82, 2.24) is 4.90 Å². The van der Waals surface area contributed by atoms with E-state index in [-0.39, 0.29) is 30.9 Å². The zero-order chi connectivity index (χ0) is 21.0. The summed E-state index contributed by atoms with van der Waals surface area (Å²) in [5.41, 5.74) is 1.10. The fourth-order valence-corrected chi connectivity index (χ4v) is 3.74. The number of anilines is 1. The second kappa shape index (κ2) is 9.11. The van der Waals surface area contributed by atoms with Gasteiger partial charge in [-0.05, 0) is 37.4 Å². The van der Waals surface area contributed by atoms with E-state index in [1.165, 1.54) is 16.2 Å². The van der Waals surface area contributed by atoms with Crippen LogP contribution < -0.4 is 14.8 Å². The number of amides is 2. The molecule has 0 saturated heterocycles. The van der Waals surface area contributed by atoms with E-state index < -0.39 is 5.91 Å². The average molecular weight is 416 g/mol. The Bertz CT molecular complexity index is 921. The Kier molecular flexibility index (Phi) is 6.56. The minimum absolute atomic E-state index is 0.0196. The van der Waals surface area contributed by atoms with E-state index in [2.05, 4.69) is 5.32 Å². The number of hydrogen-bond acceptors (Lipinski definition) is 7. The van der Waals surface area contributed by atoms with Crippen LogP contribution in [0.15, 0.2) is 41.4 Å². The number of carbonyl (C=O) groups is 2. The second-order valence-corrected chi connectivity index (χ2v) is 7.55. The monoisotopic (exact) mass is 416 g/mol. The molecule has 3 rings (SSSR count). The highest BCUT2D eigenvalue weighted by molar-refractivity contribution is 7.11. The van der Waals surface area contributed by atoms with Gasteiger partial charge in [0, 0.05) is 10.9 Å². The van der Waals surface area contributed by atoms with Crippen molar-refractivity contribution in [2.75, 3.05) is 32.7 Å². The molecule has 29 heavy (non-hydrogen) atoms. The summed E-state index contributed by atoms with van der Waals surface area (Å²) in [7, 11) is 3.10. The highest BCUT2D eigenvalue weighted by Gasteiger charge is 2.39. The predicted octanol–water partition coefficient (Wildman–Crippen LogP) is 3.38. The number of benzene rings is 1. The number of methoxy groups -OCH3 is 2. The van der Waals surface area contributed by atoms with Crippen molar-refractivity contribution in [1.29, 1.82) is 0 Å². The van der Waals surface area contributed by atoms with E-state index in [9.17, 15) is 9.59 Å². The SMILES string of the molecule is COc1ccc(OC)c(NC2=C(c3cccs3)C(=O)N(CCOC(C)C)C2=O)c1. The number of nitrogens with one attached hydrogen (secondary N) is 1. The second-order valence-electron chi connectivity index (χ2n) is 6.60. The molecule has 2 amide bonds. The van der Waals surface area contributed by atoms with Crippen molar-refractivity contribution < 1.29 is 23.8 Å². The van der Waals surface area contributed by atoms with Gasteiger partial charge in [-0.25, -0.2) is 0 Å². The molecule has 0 aliphatic carbocycles. The van der Waals surface area contributed by atoms with Gasteiger partial charge in [0.15, 0.2) is 0 Å². The third kappa shape index (κ3) is 4.44. The molecule has 0 saturated carbocycles. The lowest BCUT2D eigenvalue weighted by molar-refractivity contribution is -0.137. The summed E-state index contributed by atoms with van der Waals surface area (Å²) in [6, 6.07) is 8.89. The molecular formula is C21H24N2O5S. The zero-order valence-corrected chi connectivity index (χ0v) is 17.7. The van der Waals surface area contributed by atoms with Crippen molar-refractivity contribution in [2.45, 2.75) is 20.0 Å². The van der Waals surface area contributed by atoms with Crippen LogP contribution in [0.1, 0.15) is 18.7 Å². The molecular weight excluding hydrogens is 392 g/mol. The van der Waals surface area contributed by atoms with Crippen LogP contribution in [0.5, 0.6) is 11.5 Å². The standard InChI is InChI=1S/C21H24N2O5S/c1-13(2)28-10-9-23-20(24)18(17-6-5-11-29-17)19(21(23)25)22-15-12-14(26-3)7-8-16(15)27-4/h5-8,11-13,22H,9-10H2,1-4H3. The largest absolute Gasteiger partial charge is 0.497 e. The zero-order valence-electron chi connectivity index (χ0n) is 16.9. The Morgan fingerprint density at radius 2 is 1.90 bits per heavy atom. The van der Waals surface area contributed by atoms with Crippen LogP contribution >= 0.6 is 11.3 Å². The van der Waals surface area contributed by atoms with Gasteiger partial charge in [-0.2, -0.15) is 0 Å². The number of nitrogens with zero attached hydrogens (tertiary/aromatic N) is 1. The van der Waals surface area contributed by atoms with Crippen LogP contribution in [0.4, 0.5) is 5.69 Å². The first-order valence-corrected chi connectivity index (χ1v) is 10.1. The first-order chi connectivity index (χ1) is 14.0. The van der Waals surface area contributed by atoms with Gasteiger partial charge in [0.2, 0.25) is 0 Å². The molecule has 8 heteroatoms. The number of ether oxygens (including phenoxy) is 3. The Morgan fingerprint density at radius 3 is 2.52 bits per heavy atom. The molecule has 2 heterocycles. The van der Waals surface area contributed by atoms with Crippen molar-refractivity contribution in [3.05, 3.63) is 46.3 Å². The van der Waals surface area contributed by atoms with Gasteiger partial charge >= 0.3 is 0 Å². The van der Waals surface area contributed by atoms with E-state index >= 15 is 0 Å². The maximum atomic E-state index is 13.1. The topological polar surface area (TPSA) is 77.1 Å². The van der Waals surface area contributed by atoms with Gasteiger partial charge in [-0.3, -0.25) is 14.5 Å². The van der Waals surface area contributed by atoms with Gasteiger partial charge in [-0.1, -0.05) is 6.07 Å². The minimum atomic E-state index is -0.393. The summed E-state index contributed by atoms with van der Waals surface area (Å²) in [6.45, 7) is 4.28. The third-order valence-corrected chi connectivity index (χ3v) is 5.26. The minimum Gasteiger partial charge on any atom is -0.497 e. The molecule has 1 N–H and O–H groups in total. The van der Waals surface area contributed by atoms with E-state index in [1.807, 2.05) is 31.4 Å². The Labute approximate surface area is 173 Å². The highest BCUT2D eigenvalue weighted by atomic mass is 32.1. The summed E-state index contributed by atoms with van der Waals surface area (Å²) >= 11 is 1.40. The molecule has 1 aliphatic heterocycles. The molecule has 154 valence electrons. The molecule has 1 aliphatic rings. The summed E-state index contributed by atoms with van der Waals surface area (Å²) in [5, 5.41) is 4.98. The number of imide groups is 1. The van der Waals surface area contributed by atoms with Crippen molar-refractivity contribution >= 4 is 34.4 Å². The molecule has 0 spiro atoms. The molecule has 0 radical (unpaired) electrons. The fourth-order valence-electron chi connectivity index (χ4n) is 2.97. The van der Waals surface area contributed by atoms with E-state index in [1.54, 1.807) is 32.4 Å². The van der Waals surface area contributed by atoms with Crippen LogP contribution in [0.25, 0.3) is 5.57 Å². The third-order valence-electron chi connectivity index (χ3n) is 4.37. The predicted molar refractivity (Wildman–Crippen MR) is 112 cm³/mol. The van der Waals surface area contributed by atoms with Gasteiger partial charge in [0.25, 0.3) is 11.8 Å². The Hall–Kier alpha value is -2.84. The van der Waals surface area contributed by atoms with Crippen LogP contribution in [0.2, 0.25) is 0 Å². The normalized spacial score (nSPS) is 14.2. The van der Waals surface area contributed by atoms with Crippen LogP contribution in [0.3, 0.4) is 0 Å². The van der Waals surface area contributed by atoms with Crippen LogP contribution in [0, 0.1) is 0 Å². The summed E-state index contributed by atoms with van der Waals surface area (Å²) in [5.74, 6) is 0.404. The first kappa shape index (κ1) is 20.9.